The summed E-state index contributed by atoms with van der Waals surface area (Å²) >= 11 is 0. The van der Waals surface area contributed by atoms with E-state index in [1.807, 2.05) is 90.9 Å². The number of hydrogen-bond acceptors (Lipinski definition) is 4. The molecule has 2 aromatic carbocycles. The van der Waals surface area contributed by atoms with Crippen molar-refractivity contribution in [3.63, 3.8) is 0 Å². The summed E-state index contributed by atoms with van der Waals surface area (Å²) in [5.41, 5.74) is 4.14. The molecular formula is C29H43N3O4S. The minimum atomic E-state index is -3.53. The number of hydrogen-bond donors (Lipinski definition) is 1. The van der Waals surface area contributed by atoms with Crippen LogP contribution in [0.3, 0.4) is 0 Å². The first-order valence-corrected chi connectivity index (χ1v) is 14.7. The molecule has 37 heavy (non-hydrogen) atoms. The second kappa shape index (κ2) is 12.6. The maximum absolute atomic E-state index is 13.6. The largest absolute Gasteiger partial charge is 0.350 e. The number of nitrogens with one attached hydrogen (secondary N) is 1. The number of nitrogens with zero attached hydrogens (tertiary/aromatic N) is 2. The molecule has 0 aliphatic carbocycles. The fraction of sp³-hybridized carbons (Fsp3) is 0.517. The van der Waals surface area contributed by atoms with Crippen molar-refractivity contribution in [3.8, 4) is 0 Å². The molecule has 0 unspecified atom stereocenters. The van der Waals surface area contributed by atoms with Crippen molar-refractivity contribution in [2.24, 2.45) is 0 Å². The molecule has 1 N–H and O–H groups in total. The quantitative estimate of drug-likeness (QED) is 0.449. The molecule has 204 valence electrons. The highest BCUT2D eigenvalue weighted by atomic mass is 32.2. The van der Waals surface area contributed by atoms with Gasteiger partial charge in [0, 0.05) is 25.0 Å². The Balaban J connectivity index is 2.28. The molecule has 7 nitrogen and oxygen atoms in total. The van der Waals surface area contributed by atoms with E-state index in [-0.39, 0.29) is 24.8 Å². The average molecular weight is 530 g/mol. The first kappa shape index (κ1) is 30.4. The third-order valence-corrected chi connectivity index (χ3v) is 7.33. The van der Waals surface area contributed by atoms with E-state index in [9.17, 15) is 18.0 Å². The Morgan fingerprint density at radius 2 is 1.59 bits per heavy atom. The highest BCUT2D eigenvalue weighted by molar-refractivity contribution is 7.92. The lowest BCUT2D eigenvalue weighted by atomic mass is 10.0. The lowest BCUT2D eigenvalue weighted by Gasteiger charge is -2.33. The number of anilines is 1. The van der Waals surface area contributed by atoms with Crippen molar-refractivity contribution in [3.05, 3.63) is 64.7 Å². The maximum Gasteiger partial charge on any atom is 0.243 e. The molecule has 0 radical (unpaired) electrons. The Bertz CT molecular complexity index is 1180. The molecule has 0 aliphatic rings. The zero-order chi connectivity index (χ0) is 28.0. The Morgan fingerprint density at radius 1 is 1.00 bits per heavy atom. The number of rotatable bonds is 11. The maximum atomic E-state index is 13.6. The number of carbonyl (C=O) groups is 2. The number of carbonyl (C=O) groups excluding carboxylic acids is 2. The molecule has 0 bridgehead atoms. The normalized spacial score (nSPS) is 12.6. The van der Waals surface area contributed by atoms with Crippen molar-refractivity contribution in [1.29, 1.82) is 0 Å². The van der Waals surface area contributed by atoms with E-state index >= 15 is 0 Å². The van der Waals surface area contributed by atoms with E-state index in [1.54, 1.807) is 4.90 Å². The van der Waals surface area contributed by atoms with Crippen molar-refractivity contribution >= 4 is 27.5 Å². The molecular weight excluding hydrogens is 486 g/mol. The van der Waals surface area contributed by atoms with E-state index in [2.05, 4.69) is 5.32 Å². The number of benzene rings is 2. The first-order valence-electron chi connectivity index (χ1n) is 12.8. The summed E-state index contributed by atoms with van der Waals surface area (Å²) in [6, 6.07) is 12.9. The second-order valence-electron chi connectivity index (χ2n) is 10.9. The molecule has 8 heteroatoms. The molecule has 0 saturated carbocycles. The van der Waals surface area contributed by atoms with E-state index in [4.69, 9.17) is 0 Å². The summed E-state index contributed by atoms with van der Waals surface area (Å²) in [6.07, 6.45) is 2.11. The summed E-state index contributed by atoms with van der Waals surface area (Å²) in [5.74, 6) is -0.363. The summed E-state index contributed by atoms with van der Waals surface area (Å²) in [6.45, 7) is 14.0. The summed E-state index contributed by atoms with van der Waals surface area (Å²) in [4.78, 5) is 28.4. The third-order valence-electron chi connectivity index (χ3n) is 6.13. The van der Waals surface area contributed by atoms with Gasteiger partial charge in [0.25, 0.3) is 0 Å². The number of aryl methyl sites for hydroxylation is 3. The molecule has 0 heterocycles. The topological polar surface area (TPSA) is 86.8 Å². The third kappa shape index (κ3) is 9.18. The number of sulfonamides is 1. The van der Waals surface area contributed by atoms with Gasteiger partial charge in [0.15, 0.2) is 0 Å². The van der Waals surface area contributed by atoms with Crippen LogP contribution in [0, 0.1) is 20.8 Å². The van der Waals surface area contributed by atoms with Crippen molar-refractivity contribution in [2.45, 2.75) is 85.9 Å². The molecule has 0 saturated heterocycles. The smallest absolute Gasteiger partial charge is 0.243 e. The monoisotopic (exact) mass is 529 g/mol. The molecule has 0 fully saturated rings. The van der Waals surface area contributed by atoms with Crippen LogP contribution in [0.15, 0.2) is 42.5 Å². The van der Waals surface area contributed by atoms with Crippen LogP contribution in [-0.4, -0.2) is 49.5 Å². The van der Waals surface area contributed by atoms with Crippen molar-refractivity contribution < 1.29 is 18.0 Å². The van der Waals surface area contributed by atoms with Crippen LogP contribution in [-0.2, 0) is 26.2 Å². The predicted octanol–water partition coefficient (Wildman–Crippen LogP) is 4.88. The van der Waals surface area contributed by atoms with Gasteiger partial charge in [-0.05, 0) is 88.8 Å². The molecule has 2 aromatic rings. The minimum Gasteiger partial charge on any atom is -0.350 e. The van der Waals surface area contributed by atoms with E-state index in [0.717, 1.165) is 22.3 Å². The van der Waals surface area contributed by atoms with Gasteiger partial charge in [-0.3, -0.25) is 13.9 Å². The van der Waals surface area contributed by atoms with Crippen LogP contribution < -0.4 is 9.62 Å². The fourth-order valence-electron chi connectivity index (χ4n) is 4.44. The Morgan fingerprint density at radius 3 is 2.11 bits per heavy atom. The Kier molecular flexibility index (Phi) is 10.3. The van der Waals surface area contributed by atoms with Crippen LogP contribution in [0.1, 0.15) is 69.2 Å². The fourth-order valence-corrected chi connectivity index (χ4v) is 5.39. The number of amides is 2. The zero-order valence-corrected chi connectivity index (χ0v) is 24.4. The molecule has 2 amide bonds. The molecule has 0 aliphatic heterocycles. The summed E-state index contributed by atoms with van der Waals surface area (Å²) in [5, 5.41) is 3.01. The van der Waals surface area contributed by atoms with Gasteiger partial charge < -0.3 is 10.2 Å². The molecule has 1 atom stereocenters. The van der Waals surface area contributed by atoms with Gasteiger partial charge in [0.05, 0.1) is 11.9 Å². The van der Waals surface area contributed by atoms with Gasteiger partial charge in [-0.15, -0.1) is 0 Å². The van der Waals surface area contributed by atoms with Crippen LogP contribution in [0.4, 0.5) is 5.69 Å². The van der Waals surface area contributed by atoms with Gasteiger partial charge in [-0.1, -0.05) is 37.3 Å². The van der Waals surface area contributed by atoms with E-state index in [1.165, 1.54) is 10.6 Å². The SMILES string of the molecule is CC[C@H](C(=O)NC(C)(C)C)N(Cc1ccccc1C)C(=O)CCCN(c1cc(C)cc(C)c1)S(C)(=O)=O. The first-order chi connectivity index (χ1) is 17.1. The highest BCUT2D eigenvalue weighted by Crippen LogP contribution is 2.23. The predicted molar refractivity (Wildman–Crippen MR) is 151 cm³/mol. The summed E-state index contributed by atoms with van der Waals surface area (Å²) in [7, 11) is -3.53. The molecule has 0 spiro atoms. The van der Waals surface area contributed by atoms with Gasteiger partial charge >= 0.3 is 0 Å². The standard InChI is InChI=1S/C29H43N3O4S/c1-9-26(28(34)30-29(5,6)7)31(20-24-14-11-10-13-23(24)4)27(33)15-12-16-32(37(8,35)36)25-18-21(2)17-22(3)19-25/h10-11,13-14,17-19,26H,9,12,15-16,20H2,1-8H3,(H,30,34)/t26-/m1/s1. The van der Waals surface area contributed by atoms with Crippen LogP contribution in [0.2, 0.25) is 0 Å². The highest BCUT2D eigenvalue weighted by Gasteiger charge is 2.31. The van der Waals surface area contributed by atoms with Crippen LogP contribution in [0.5, 0.6) is 0 Å². The zero-order valence-electron chi connectivity index (χ0n) is 23.6. The van der Waals surface area contributed by atoms with Crippen molar-refractivity contribution in [2.75, 3.05) is 17.1 Å². The average Bonchev–Trinajstić information content (AvgIpc) is 2.74. The second-order valence-corrected chi connectivity index (χ2v) is 12.8. The summed E-state index contributed by atoms with van der Waals surface area (Å²) < 4.78 is 26.6. The van der Waals surface area contributed by atoms with Crippen LogP contribution in [0.25, 0.3) is 0 Å². The van der Waals surface area contributed by atoms with Crippen molar-refractivity contribution in [1.82, 2.24) is 10.2 Å². The van der Waals surface area contributed by atoms with E-state index < -0.39 is 21.6 Å². The Labute approximate surface area is 223 Å². The Hall–Kier alpha value is -2.87. The van der Waals surface area contributed by atoms with Gasteiger partial charge in [0.2, 0.25) is 21.8 Å². The van der Waals surface area contributed by atoms with Gasteiger partial charge in [-0.2, -0.15) is 0 Å². The lowest BCUT2D eigenvalue weighted by molar-refractivity contribution is -0.142. The van der Waals surface area contributed by atoms with E-state index in [0.29, 0.717) is 25.1 Å². The molecule has 2 rings (SSSR count). The van der Waals surface area contributed by atoms with Crippen LogP contribution >= 0.6 is 0 Å². The minimum absolute atomic E-state index is 0.127. The van der Waals surface area contributed by atoms with Gasteiger partial charge in [-0.25, -0.2) is 8.42 Å². The van der Waals surface area contributed by atoms with Gasteiger partial charge in [0.1, 0.15) is 6.04 Å². The molecule has 0 aromatic heterocycles. The lowest BCUT2D eigenvalue weighted by Crippen LogP contribution is -2.53.